The molecule has 0 saturated heterocycles. The molecule has 0 amide bonds. The van der Waals surface area contributed by atoms with Gasteiger partial charge < -0.3 is 0 Å². The van der Waals surface area contributed by atoms with Gasteiger partial charge in [0.25, 0.3) is 0 Å². The van der Waals surface area contributed by atoms with Crippen LogP contribution in [0.15, 0.2) is 53.8 Å². The Kier molecular flexibility index (Phi) is 3.67. The number of fused-ring (bicyclic) bond motifs is 1. The zero-order chi connectivity index (χ0) is 15.7. The second-order valence-corrected chi connectivity index (χ2v) is 6.80. The molecule has 0 bridgehead atoms. The fourth-order valence-corrected chi connectivity index (χ4v) is 3.73. The monoisotopic (exact) mass is 316 g/mol. The van der Waals surface area contributed by atoms with Crippen molar-refractivity contribution in [1.29, 1.82) is 0 Å². The fourth-order valence-electron chi connectivity index (χ4n) is 2.32. The number of aryl methyl sites for hydroxylation is 1. The first-order valence-corrected chi connectivity index (χ1v) is 8.30. The van der Waals surface area contributed by atoms with E-state index in [9.17, 15) is 8.42 Å². The van der Waals surface area contributed by atoms with Crippen LogP contribution in [0.25, 0.3) is 10.9 Å². The Hall–Kier alpha value is -2.25. The van der Waals surface area contributed by atoms with Crippen LogP contribution in [0.5, 0.6) is 0 Å². The van der Waals surface area contributed by atoms with E-state index in [1.54, 1.807) is 55.4 Å². The number of hydrogen-bond donors (Lipinski definition) is 1. The molecular weight excluding hydrogens is 300 g/mol. The van der Waals surface area contributed by atoms with Gasteiger partial charge in [-0.25, -0.2) is 13.1 Å². The van der Waals surface area contributed by atoms with Crippen molar-refractivity contribution in [1.82, 2.24) is 19.5 Å². The summed E-state index contributed by atoms with van der Waals surface area (Å²) in [6.45, 7) is 1.78. The Labute approximate surface area is 128 Å². The van der Waals surface area contributed by atoms with Crippen LogP contribution >= 0.6 is 0 Å². The predicted molar refractivity (Wildman–Crippen MR) is 83.7 cm³/mol. The lowest BCUT2D eigenvalue weighted by atomic mass is 10.2. The Balaban J connectivity index is 1.98. The molecule has 0 spiro atoms. The quantitative estimate of drug-likeness (QED) is 0.799. The number of pyridine rings is 1. The minimum atomic E-state index is -3.67. The Morgan fingerprint density at radius 2 is 2.00 bits per heavy atom. The lowest BCUT2D eigenvalue weighted by Gasteiger charge is -2.13. The van der Waals surface area contributed by atoms with Gasteiger partial charge >= 0.3 is 0 Å². The standard InChI is InChI=1S/C15H16N4O2S/c1-11(13-9-17-19(2)10-13)18-22(20,21)14-7-3-5-12-6-4-8-16-15(12)14/h3-11,18H,1-2H3/t11-/m1/s1. The molecule has 0 saturated carbocycles. The molecule has 0 unspecified atom stereocenters. The largest absolute Gasteiger partial charge is 0.275 e. The third-order valence-electron chi connectivity index (χ3n) is 3.44. The van der Waals surface area contributed by atoms with E-state index in [1.807, 2.05) is 12.1 Å². The first-order chi connectivity index (χ1) is 10.5. The van der Waals surface area contributed by atoms with Crippen molar-refractivity contribution in [2.45, 2.75) is 17.9 Å². The van der Waals surface area contributed by atoms with Gasteiger partial charge in [0.15, 0.2) is 0 Å². The molecule has 1 N–H and O–H groups in total. The molecule has 2 heterocycles. The highest BCUT2D eigenvalue weighted by Gasteiger charge is 2.21. The van der Waals surface area contributed by atoms with Crippen molar-refractivity contribution in [2.75, 3.05) is 0 Å². The first kappa shape index (κ1) is 14.7. The van der Waals surface area contributed by atoms with E-state index in [-0.39, 0.29) is 10.9 Å². The summed E-state index contributed by atoms with van der Waals surface area (Å²) in [4.78, 5) is 4.38. The van der Waals surface area contributed by atoms with E-state index in [4.69, 9.17) is 0 Å². The van der Waals surface area contributed by atoms with E-state index in [1.165, 1.54) is 0 Å². The van der Waals surface area contributed by atoms with Gasteiger partial charge in [0, 0.05) is 36.4 Å². The summed E-state index contributed by atoms with van der Waals surface area (Å²) >= 11 is 0. The van der Waals surface area contributed by atoms with Gasteiger partial charge in [-0.15, -0.1) is 0 Å². The first-order valence-electron chi connectivity index (χ1n) is 6.82. The van der Waals surface area contributed by atoms with Gasteiger partial charge in [0.1, 0.15) is 4.90 Å². The smallest absolute Gasteiger partial charge is 0.243 e. The Bertz CT molecular complexity index is 913. The van der Waals surface area contributed by atoms with Crippen LogP contribution in [0.4, 0.5) is 0 Å². The molecule has 1 aromatic carbocycles. The fraction of sp³-hybridized carbons (Fsp3) is 0.200. The van der Waals surface area contributed by atoms with Crippen molar-refractivity contribution in [3.8, 4) is 0 Å². The maximum absolute atomic E-state index is 12.7. The van der Waals surface area contributed by atoms with Gasteiger partial charge in [-0.3, -0.25) is 9.67 Å². The lowest BCUT2D eigenvalue weighted by Crippen LogP contribution is -2.27. The summed E-state index contributed by atoms with van der Waals surface area (Å²) in [5, 5.41) is 4.85. The van der Waals surface area contributed by atoms with Crippen molar-refractivity contribution >= 4 is 20.9 Å². The summed E-state index contributed by atoms with van der Waals surface area (Å²) in [5.41, 5.74) is 1.27. The molecule has 7 heteroatoms. The summed E-state index contributed by atoms with van der Waals surface area (Å²) < 4.78 is 29.6. The molecule has 114 valence electrons. The van der Waals surface area contributed by atoms with Crippen LogP contribution < -0.4 is 4.72 Å². The maximum Gasteiger partial charge on any atom is 0.243 e. The average molecular weight is 316 g/mol. The number of aromatic nitrogens is 3. The number of para-hydroxylation sites is 1. The second-order valence-electron chi connectivity index (χ2n) is 5.12. The Morgan fingerprint density at radius 1 is 1.23 bits per heavy atom. The highest BCUT2D eigenvalue weighted by atomic mass is 32.2. The zero-order valence-electron chi connectivity index (χ0n) is 12.3. The van der Waals surface area contributed by atoms with Crippen LogP contribution in [-0.2, 0) is 17.1 Å². The maximum atomic E-state index is 12.7. The van der Waals surface area contributed by atoms with Gasteiger partial charge in [0.2, 0.25) is 10.0 Å². The molecule has 0 aliphatic carbocycles. The predicted octanol–water partition coefficient (Wildman–Crippen LogP) is 2.01. The van der Waals surface area contributed by atoms with E-state index in [0.29, 0.717) is 5.52 Å². The second kappa shape index (κ2) is 5.51. The zero-order valence-corrected chi connectivity index (χ0v) is 13.1. The normalized spacial score (nSPS) is 13.4. The molecule has 2 aromatic heterocycles. The van der Waals surface area contributed by atoms with Crippen LogP contribution in [0.2, 0.25) is 0 Å². The number of nitrogens with one attached hydrogen (secondary N) is 1. The molecule has 0 fully saturated rings. The molecule has 6 nitrogen and oxygen atoms in total. The summed E-state index contributed by atoms with van der Waals surface area (Å²) in [5.74, 6) is 0. The summed E-state index contributed by atoms with van der Waals surface area (Å²) in [7, 11) is -1.88. The molecule has 0 aliphatic heterocycles. The molecule has 0 radical (unpaired) electrons. The lowest BCUT2D eigenvalue weighted by molar-refractivity contribution is 0.567. The van der Waals surface area contributed by atoms with Crippen LogP contribution in [0.1, 0.15) is 18.5 Å². The van der Waals surface area contributed by atoms with E-state index < -0.39 is 10.0 Å². The van der Waals surface area contributed by atoms with Gasteiger partial charge in [-0.1, -0.05) is 18.2 Å². The minimum absolute atomic E-state index is 0.182. The van der Waals surface area contributed by atoms with E-state index >= 15 is 0 Å². The van der Waals surface area contributed by atoms with Crippen LogP contribution in [0, 0.1) is 0 Å². The number of sulfonamides is 1. The SMILES string of the molecule is C[C@@H](NS(=O)(=O)c1cccc2cccnc12)c1cnn(C)c1. The third kappa shape index (κ3) is 2.72. The summed E-state index contributed by atoms with van der Waals surface area (Å²) in [6.07, 6.45) is 5.02. The van der Waals surface area contributed by atoms with Gasteiger partial charge in [0.05, 0.1) is 11.7 Å². The van der Waals surface area contributed by atoms with Gasteiger partial charge in [-0.2, -0.15) is 5.10 Å². The topological polar surface area (TPSA) is 76.9 Å². The third-order valence-corrected chi connectivity index (χ3v) is 5.01. The number of hydrogen-bond acceptors (Lipinski definition) is 4. The molecule has 3 rings (SSSR count). The number of benzene rings is 1. The Morgan fingerprint density at radius 3 is 2.73 bits per heavy atom. The molecule has 22 heavy (non-hydrogen) atoms. The van der Waals surface area contributed by atoms with Crippen molar-refractivity contribution in [3.05, 3.63) is 54.5 Å². The van der Waals surface area contributed by atoms with Crippen molar-refractivity contribution in [3.63, 3.8) is 0 Å². The molecule has 0 aliphatic rings. The van der Waals surface area contributed by atoms with E-state index in [2.05, 4.69) is 14.8 Å². The molecule has 3 aromatic rings. The highest BCUT2D eigenvalue weighted by molar-refractivity contribution is 7.89. The van der Waals surface area contributed by atoms with Crippen molar-refractivity contribution in [2.24, 2.45) is 7.05 Å². The summed E-state index contributed by atoms with van der Waals surface area (Å²) in [6, 6.07) is 8.36. The number of rotatable bonds is 4. The highest BCUT2D eigenvalue weighted by Crippen LogP contribution is 2.22. The average Bonchev–Trinajstić information content (AvgIpc) is 2.93. The van der Waals surface area contributed by atoms with Crippen molar-refractivity contribution < 1.29 is 8.42 Å². The number of nitrogens with zero attached hydrogens (tertiary/aromatic N) is 3. The molecule has 1 atom stereocenters. The van der Waals surface area contributed by atoms with Crippen LogP contribution in [-0.4, -0.2) is 23.2 Å². The molecular formula is C15H16N4O2S. The van der Waals surface area contributed by atoms with Crippen LogP contribution in [0.3, 0.4) is 0 Å². The minimum Gasteiger partial charge on any atom is -0.275 e. The van der Waals surface area contributed by atoms with Gasteiger partial charge in [-0.05, 0) is 19.1 Å². The van der Waals surface area contributed by atoms with E-state index in [0.717, 1.165) is 10.9 Å².